The van der Waals surface area contributed by atoms with Gasteiger partial charge in [-0.1, -0.05) is 11.8 Å². The van der Waals surface area contributed by atoms with Crippen molar-refractivity contribution >= 4 is 16.9 Å². The van der Waals surface area contributed by atoms with Crippen LogP contribution in [0.1, 0.15) is 18.9 Å². The summed E-state index contributed by atoms with van der Waals surface area (Å²) < 4.78 is 28.4. The van der Waals surface area contributed by atoms with Gasteiger partial charge < -0.3 is 5.73 Å². The van der Waals surface area contributed by atoms with Crippen molar-refractivity contribution in [2.24, 2.45) is 10.7 Å². The SMILES string of the molecule is C[C@@]1(c2cc(-c3cncnc3)c(F)cc2F)CCSC(N)=N1. The summed E-state index contributed by atoms with van der Waals surface area (Å²) in [6, 6.07) is 2.37. The Balaban J connectivity index is 2.15. The lowest BCUT2D eigenvalue weighted by Crippen LogP contribution is -2.29. The zero-order valence-corrected chi connectivity index (χ0v) is 12.7. The fourth-order valence-corrected chi connectivity index (χ4v) is 3.48. The molecule has 0 bridgehead atoms. The van der Waals surface area contributed by atoms with Crippen LogP contribution in [0.4, 0.5) is 8.78 Å². The molecule has 0 saturated carbocycles. The average molecular weight is 320 g/mol. The van der Waals surface area contributed by atoms with E-state index in [2.05, 4.69) is 15.0 Å². The molecule has 1 aliphatic rings. The maximum Gasteiger partial charge on any atom is 0.154 e. The fourth-order valence-electron chi connectivity index (χ4n) is 2.50. The van der Waals surface area contributed by atoms with E-state index in [1.807, 2.05) is 0 Å². The molecule has 0 radical (unpaired) electrons. The number of nitrogens with two attached hydrogens (primary N) is 1. The fraction of sp³-hybridized carbons (Fsp3) is 0.267. The lowest BCUT2D eigenvalue weighted by atomic mass is 9.87. The van der Waals surface area contributed by atoms with Crippen LogP contribution in [0.25, 0.3) is 11.1 Å². The van der Waals surface area contributed by atoms with Crippen LogP contribution < -0.4 is 5.73 Å². The van der Waals surface area contributed by atoms with Gasteiger partial charge >= 0.3 is 0 Å². The number of hydrogen-bond donors (Lipinski definition) is 1. The zero-order chi connectivity index (χ0) is 15.7. The van der Waals surface area contributed by atoms with E-state index >= 15 is 0 Å². The number of aromatic nitrogens is 2. The molecule has 1 aromatic heterocycles. The van der Waals surface area contributed by atoms with E-state index < -0.39 is 17.2 Å². The van der Waals surface area contributed by atoms with E-state index in [-0.39, 0.29) is 5.56 Å². The average Bonchev–Trinajstić information content (AvgIpc) is 2.47. The van der Waals surface area contributed by atoms with Gasteiger partial charge in [0.15, 0.2) is 5.17 Å². The highest BCUT2D eigenvalue weighted by molar-refractivity contribution is 8.13. The Kier molecular flexibility index (Phi) is 3.82. The number of nitrogens with zero attached hydrogens (tertiary/aromatic N) is 3. The second-order valence-corrected chi connectivity index (χ2v) is 6.38. The summed E-state index contributed by atoms with van der Waals surface area (Å²) >= 11 is 1.44. The minimum Gasteiger partial charge on any atom is -0.379 e. The van der Waals surface area contributed by atoms with Gasteiger partial charge in [-0.05, 0) is 19.4 Å². The molecule has 1 atom stereocenters. The molecule has 22 heavy (non-hydrogen) atoms. The summed E-state index contributed by atoms with van der Waals surface area (Å²) in [6.45, 7) is 1.81. The minimum absolute atomic E-state index is 0.255. The molecule has 0 unspecified atom stereocenters. The number of thioether (sulfide) groups is 1. The van der Waals surface area contributed by atoms with Crippen molar-refractivity contribution < 1.29 is 8.78 Å². The van der Waals surface area contributed by atoms with E-state index in [1.165, 1.54) is 36.5 Å². The highest BCUT2D eigenvalue weighted by atomic mass is 32.2. The van der Waals surface area contributed by atoms with Crippen LogP contribution in [0, 0.1) is 11.6 Å². The Hall–Kier alpha value is -2.02. The van der Waals surface area contributed by atoms with Crippen LogP contribution in [0.2, 0.25) is 0 Å². The van der Waals surface area contributed by atoms with Crippen molar-refractivity contribution in [2.75, 3.05) is 5.75 Å². The first-order valence-electron chi connectivity index (χ1n) is 6.73. The molecule has 0 saturated heterocycles. The summed E-state index contributed by atoms with van der Waals surface area (Å²) in [5.74, 6) is -0.530. The first-order valence-corrected chi connectivity index (χ1v) is 7.71. The van der Waals surface area contributed by atoms with E-state index in [0.717, 1.165) is 11.8 Å². The highest BCUT2D eigenvalue weighted by Gasteiger charge is 2.33. The minimum atomic E-state index is -0.794. The topological polar surface area (TPSA) is 64.2 Å². The molecule has 0 aliphatic carbocycles. The molecule has 0 amide bonds. The molecule has 114 valence electrons. The van der Waals surface area contributed by atoms with E-state index in [1.54, 1.807) is 6.92 Å². The molecule has 2 N–H and O–H groups in total. The lowest BCUT2D eigenvalue weighted by Gasteiger charge is -2.30. The predicted molar refractivity (Wildman–Crippen MR) is 83.4 cm³/mol. The van der Waals surface area contributed by atoms with Gasteiger partial charge in [0.1, 0.15) is 18.0 Å². The third-order valence-electron chi connectivity index (χ3n) is 3.70. The third-order valence-corrected chi connectivity index (χ3v) is 4.50. The summed E-state index contributed by atoms with van der Waals surface area (Å²) in [7, 11) is 0. The number of halogens is 2. The molecule has 0 fully saturated rings. The smallest absolute Gasteiger partial charge is 0.154 e. The summed E-state index contributed by atoms with van der Waals surface area (Å²) in [5.41, 5.74) is 6.06. The van der Waals surface area contributed by atoms with Gasteiger partial charge in [0.25, 0.3) is 0 Å². The number of amidine groups is 1. The third kappa shape index (κ3) is 2.68. The largest absolute Gasteiger partial charge is 0.379 e. The molecular weight excluding hydrogens is 306 g/mol. The van der Waals surface area contributed by atoms with Crippen LogP contribution in [0.5, 0.6) is 0 Å². The zero-order valence-electron chi connectivity index (χ0n) is 11.9. The highest BCUT2D eigenvalue weighted by Crippen LogP contribution is 2.38. The molecule has 7 heteroatoms. The molecule has 1 aromatic carbocycles. The molecular formula is C15H14F2N4S. The second-order valence-electron chi connectivity index (χ2n) is 5.26. The second kappa shape index (κ2) is 5.64. The van der Waals surface area contributed by atoms with E-state index in [0.29, 0.717) is 22.7 Å². The standard InChI is InChI=1S/C15H14F2N4S/c1-15(2-3-22-14(18)21-15)11-4-10(12(16)5-13(11)17)9-6-19-8-20-7-9/h4-8H,2-3H2,1H3,(H2,18,21)/t15-/m0/s1. The maximum absolute atomic E-state index is 14.3. The van der Waals surface area contributed by atoms with Crippen LogP contribution in [0.3, 0.4) is 0 Å². The van der Waals surface area contributed by atoms with Crippen LogP contribution in [-0.4, -0.2) is 20.9 Å². The van der Waals surface area contributed by atoms with Gasteiger partial charge in [0.05, 0.1) is 5.54 Å². The molecule has 3 rings (SSSR count). The Labute approximate surface area is 130 Å². The van der Waals surface area contributed by atoms with Crippen molar-refractivity contribution in [3.05, 3.63) is 48.1 Å². The number of hydrogen-bond acceptors (Lipinski definition) is 5. The van der Waals surface area contributed by atoms with Crippen molar-refractivity contribution in [2.45, 2.75) is 18.9 Å². The van der Waals surface area contributed by atoms with Gasteiger partial charge in [-0.3, -0.25) is 4.99 Å². The molecule has 4 nitrogen and oxygen atoms in total. The van der Waals surface area contributed by atoms with E-state index in [4.69, 9.17) is 5.73 Å². The number of rotatable bonds is 2. The Bertz CT molecular complexity index is 736. The van der Waals surface area contributed by atoms with Crippen molar-refractivity contribution in [1.29, 1.82) is 0 Å². The quantitative estimate of drug-likeness (QED) is 0.923. The van der Waals surface area contributed by atoms with Crippen LogP contribution in [-0.2, 0) is 5.54 Å². The first-order chi connectivity index (χ1) is 10.5. The maximum atomic E-state index is 14.3. The number of aliphatic imine (C=N–C) groups is 1. The first kappa shape index (κ1) is 14.9. The van der Waals surface area contributed by atoms with Gasteiger partial charge in [-0.2, -0.15) is 0 Å². The summed E-state index contributed by atoms with van der Waals surface area (Å²) in [4.78, 5) is 12.1. The Morgan fingerprint density at radius 1 is 1.18 bits per heavy atom. The number of benzene rings is 1. The molecule has 1 aliphatic heterocycles. The Morgan fingerprint density at radius 3 is 2.59 bits per heavy atom. The predicted octanol–water partition coefficient (Wildman–Crippen LogP) is 3.09. The van der Waals surface area contributed by atoms with E-state index in [9.17, 15) is 8.78 Å². The normalized spacial score (nSPS) is 21.5. The summed E-state index contributed by atoms with van der Waals surface area (Å²) in [5, 5.41) is 0.419. The molecule has 2 aromatic rings. The van der Waals surface area contributed by atoms with Crippen molar-refractivity contribution in [3.8, 4) is 11.1 Å². The van der Waals surface area contributed by atoms with Gasteiger partial charge in [0.2, 0.25) is 0 Å². The van der Waals surface area contributed by atoms with Crippen LogP contribution in [0.15, 0.2) is 35.8 Å². The summed E-state index contributed by atoms with van der Waals surface area (Å²) in [6.07, 6.45) is 4.97. The monoisotopic (exact) mass is 320 g/mol. The lowest BCUT2D eigenvalue weighted by molar-refractivity contribution is 0.447. The van der Waals surface area contributed by atoms with Crippen molar-refractivity contribution in [3.63, 3.8) is 0 Å². The molecule has 0 spiro atoms. The Morgan fingerprint density at radius 2 is 1.91 bits per heavy atom. The van der Waals surface area contributed by atoms with Crippen LogP contribution >= 0.6 is 11.8 Å². The van der Waals surface area contributed by atoms with Gasteiger partial charge in [0, 0.05) is 40.9 Å². The van der Waals surface area contributed by atoms with Gasteiger partial charge in [-0.25, -0.2) is 18.7 Å². The van der Waals surface area contributed by atoms with Crippen molar-refractivity contribution in [1.82, 2.24) is 9.97 Å². The van der Waals surface area contributed by atoms with Gasteiger partial charge in [-0.15, -0.1) is 0 Å². The molecule has 2 heterocycles.